The fraction of sp³-hybridized carbons (Fsp3) is 0.657. The smallest absolute Gasteiger partial charge is 0.163 e. The minimum atomic E-state index is -0.564. The van der Waals surface area contributed by atoms with Gasteiger partial charge in [0.1, 0.15) is 12.4 Å². The summed E-state index contributed by atoms with van der Waals surface area (Å²) in [5, 5.41) is 9.80. The molecule has 41 heavy (non-hydrogen) atoms. The first-order valence-corrected chi connectivity index (χ1v) is 17.6. The first kappa shape index (κ1) is 32.7. The Morgan fingerprint density at radius 3 is 2.41 bits per heavy atom. The summed E-state index contributed by atoms with van der Waals surface area (Å²) < 4.78 is 19.2. The number of hydrogen-bond acceptors (Lipinski definition) is 6. The minimum Gasteiger partial charge on any atom is -0.489 e. The summed E-state index contributed by atoms with van der Waals surface area (Å²) in [7, 11) is 0. The molecule has 0 spiro atoms. The lowest BCUT2D eigenvalue weighted by atomic mass is 9.77. The lowest BCUT2D eigenvalue weighted by molar-refractivity contribution is -0.302. The van der Waals surface area contributed by atoms with E-state index >= 15 is 0 Å². The highest BCUT2D eigenvalue weighted by Crippen LogP contribution is 2.59. The van der Waals surface area contributed by atoms with Crippen LogP contribution in [0.5, 0.6) is 5.75 Å². The molecule has 2 aliphatic heterocycles. The zero-order valence-corrected chi connectivity index (χ0v) is 27.5. The van der Waals surface area contributed by atoms with E-state index in [0.29, 0.717) is 12.5 Å². The van der Waals surface area contributed by atoms with E-state index in [9.17, 15) is 5.11 Å². The molecule has 228 valence electrons. The van der Waals surface area contributed by atoms with Crippen LogP contribution in [0.2, 0.25) is 0 Å². The maximum atomic E-state index is 9.80. The average Bonchev–Trinajstić information content (AvgIpc) is 2.94. The molecule has 0 aliphatic carbocycles. The number of aryl methyl sites for hydroxylation is 1. The summed E-state index contributed by atoms with van der Waals surface area (Å²) in [5.41, 5.74) is 2.62. The summed E-state index contributed by atoms with van der Waals surface area (Å²) in [6, 6.07) is 18.9. The van der Waals surface area contributed by atoms with Crippen LogP contribution in [0.3, 0.4) is 0 Å². The molecule has 3 atom stereocenters. The number of rotatable bonds is 14. The van der Waals surface area contributed by atoms with Gasteiger partial charge in [-0.2, -0.15) is 0 Å². The van der Waals surface area contributed by atoms with Crippen molar-refractivity contribution in [3.05, 3.63) is 65.7 Å². The molecule has 0 saturated carbocycles. The van der Waals surface area contributed by atoms with E-state index in [1.54, 1.807) is 0 Å². The van der Waals surface area contributed by atoms with E-state index in [4.69, 9.17) is 14.2 Å². The molecule has 0 amide bonds. The van der Waals surface area contributed by atoms with Gasteiger partial charge in [0.25, 0.3) is 0 Å². The molecule has 2 heterocycles. The van der Waals surface area contributed by atoms with Gasteiger partial charge in [-0.15, -0.1) is 23.5 Å². The summed E-state index contributed by atoms with van der Waals surface area (Å²) in [6.07, 6.45) is 9.08. The average molecular weight is 601 g/mol. The lowest BCUT2D eigenvalue weighted by Gasteiger charge is -2.52. The predicted octanol–water partition coefficient (Wildman–Crippen LogP) is 8.89. The highest BCUT2D eigenvalue weighted by molar-refractivity contribution is 8.18. The van der Waals surface area contributed by atoms with Gasteiger partial charge in [-0.05, 0) is 98.5 Å². The Labute approximate surface area is 257 Å². The van der Waals surface area contributed by atoms with Crippen LogP contribution in [0, 0.1) is 11.3 Å². The van der Waals surface area contributed by atoms with E-state index in [2.05, 4.69) is 88.5 Å². The van der Waals surface area contributed by atoms with Crippen molar-refractivity contribution in [1.29, 1.82) is 0 Å². The summed E-state index contributed by atoms with van der Waals surface area (Å²) >= 11 is 4.28. The monoisotopic (exact) mass is 600 g/mol. The van der Waals surface area contributed by atoms with Crippen molar-refractivity contribution in [1.82, 2.24) is 0 Å². The standard InChI is InChI=1S/C35H52O4S2/c1-27(25-36)23-33(2,3)35(40-19-12-20-41-35)24-32-22-31(38-34(4,5)39-32)17-10-9-13-28-16-11-18-30(21-28)37-26-29-14-7-6-8-15-29/h6-8,11,14-16,18,21,27,31-32,36H,9-10,12-13,17,19-20,22-26H2,1-5H3/t27-,31-,32-/m1/s1. The first-order valence-electron chi connectivity index (χ1n) is 15.6. The molecule has 1 N–H and O–H groups in total. The van der Waals surface area contributed by atoms with Gasteiger partial charge < -0.3 is 19.3 Å². The number of aliphatic hydroxyl groups is 1. The molecule has 4 nitrogen and oxygen atoms in total. The van der Waals surface area contributed by atoms with Gasteiger partial charge in [0.15, 0.2) is 5.79 Å². The Kier molecular flexibility index (Phi) is 12.0. The van der Waals surface area contributed by atoms with Crippen LogP contribution in [0.15, 0.2) is 54.6 Å². The van der Waals surface area contributed by atoms with Gasteiger partial charge in [-0.25, -0.2) is 0 Å². The molecule has 2 aromatic carbocycles. The molecule has 4 rings (SSSR count). The molecule has 0 radical (unpaired) electrons. The Morgan fingerprint density at radius 1 is 0.976 bits per heavy atom. The van der Waals surface area contributed by atoms with Crippen molar-refractivity contribution >= 4 is 23.5 Å². The third-order valence-corrected chi connectivity index (χ3v) is 12.5. The SMILES string of the molecule is C[C@@H](CO)CC(C)(C)C1(C[C@H]2C[C@@H](CCCCc3cccc(OCc4ccccc4)c3)OC(C)(C)O2)SCCCS1. The van der Waals surface area contributed by atoms with Gasteiger partial charge in [0.05, 0.1) is 16.3 Å². The lowest BCUT2D eigenvalue weighted by Crippen LogP contribution is -2.50. The van der Waals surface area contributed by atoms with Crippen LogP contribution in [0.4, 0.5) is 0 Å². The Morgan fingerprint density at radius 2 is 1.68 bits per heavy atom. The topological polar surface area (TPSA) is 47.9 Å². The maximum Gasteiger partial charge on any atom is 0.163 e. The normalized spacial score (nSPS) is 23.2. The summed E-state index contributed by atoms with van der Waals surface area (Å²) in [4.78, 5) is 0. The minimum absolute atomic E-state index is 0.102. The zero-order chi connectivity index (χ0) is 29.3. The number of benzene rings is 2. The van der Waals surface area contributed by atoms with Crippen molar-refractivity contribution in [2.75, 3.05) is 18.1 Å². The highest BCUT2D eigenvalue weighted by atomic mass is 32.2. The molecule has 2 aromatic rings. The van der Waals surface area contributed by atoms with E-state index in [0.717, 1.165) is 50.7 Å². The van der Waals surface area contributed by atoms with Crippen molar-refractivity contribution < 1.29 is 19.3 Å². The van der Waals surface area contributed by atoms with E-state index in [1.165, 1.54) is 29.1 Å². The number of hydrogen-bond donors (Lipinski definition) is 1. The van der Waals surface area contributed by atoms with Crippen LogP contribution in [-0.4, -0.2) is 45.3 Å². The van der Waals surface area contributed by atoms with Crippen molar-refractivity contribution in [3.63, 3.8) is 0 Å². The fourth-order valence-electron chi connectivity index (χ4n) is 6.51. The Bertz CT molecular complexity index is 1050. The van der Waals surface area contributed by atoms with Crippen LogP contribution >= 0.6 is 23.5 Å². The third kappa shape index (κ3) is 9.66. The molecule has 2 saturated heterocycles. The number of ether oxygens (including phenoxy) is 3. The third-order valence-electron chi connectivity index (χ3n) is 8.47. The first-order chi connectivity index (χ1) is 19.6. The van der Waals surface area contributed by atoms with Gasteiger partial charge in [-0.3, -0.25) is 0 Å². The van der Waals surface area contributed by atoms with Gasteiger partial charge in [-0.1, -0.05) is 69.7 Å². The molecular weight excluding hydrogens is 549 g/mol. The predicted molar refractivity (Wildman–Crippen MR) is 175 cm³/mol. The second kappa shape index (κ2) is 15.0. The van der Waals surface area contributed by atoms with Crippen molar-refractivity contribution in [2.24, 2.45) is 11.3 Å². The van der Waals surface area contributed by atoms with Crippen molar-refractivity contribution in [3.8, 4) is 5.75 Å². The second-order valence-electron chi connectivity index (χ2n) is 13.2. The van der Waals surface area contributed by atoms with E-state index < -0.39 is 5.79 Å². The van der Waals surface area contributed by atoms with Crippen molar-refractivity contribution in [2.45, 2.75) is 115 Å². The van der Waals surface area contributed by atoms with Crippen LogP contribution in [-0.2, 0) is 22.5 Å². The summed E-state index contributed by atoms with van der Waals surface area (Å²) in [6.45, 7) is 12.0. The largest absolute Gasteiger partial charge is 0.489 e. The van der Waals surface area contributed by atoms with Crippen LogP contribution < -0.4 is 4.74 Å². The van der Waals surface area contributed by atoms with Crippen LogP contribution in [0.25, 0.3) is 0 Å². The molecule has 2 fully saturated rings. The summed E-state index contributed by atoms with van der Waals surface area (Å²) in [5.74, 6) is 3.09. The number of aliphatic hydroxyl groups excluding tert-OH is 1. The van der Waals surface area contributed by atoms with E-state index in [1.807, 2.05) is 24.3 Å². The zero-order valence-electron chi connectivity index (χ0n) is 25.9. The molecular formula is C35H52O4S2. The van der Waals surface area contributed by atoms with Gasteiger partial charge in [0, 0.05) is 13.0 Å². The van der Waals surface area contributed by atoms with E-state index in [-0.39, 0.29) is 28.3 Å². The Balaban J connectivity index is 1.29. The molecule has 0 bridgehead atoms. The molecule has 0 aromatic heterocycles. The molecule has 2 aliphatic rings. The second-order valence-corrected chi connectivity index (χ2v) is 16.2. The highest BCUT2D eigenvalue weighted by Gasteiger charge is 2.50. The number of unbranched alkanes of at least 4 members (excludes halogenated alkanes) is 1. The van der Waals surface area contributed by atoms with Gasteiger partial charge in [0.2, 0.25) is 0 Å². The van der Waals surface area contributed by atoms with Gasteiger partial charge >= 0.3 is 0 Å². The maximum absolute atomic E-state index is 9.80. The molecule has 0 unspecified atom stereocenters. The number of thioether (sulfide) groups is 2. The van der Waals surface area contributed by atoms with Crippen LogP contribution in [0.1, 0.15) is 90.7 Å². The fourth-order valence-corrected chi connectivity index (χ4v) is 10.3. The Hall–Kier alpha value is -1.18. The quantitative estimate of drug-likeness (QED) is 0.219. The molecule has 6 heteroatoms.